The molecule has 1 fully saturated rings. The maximum atomic E-state index is 5.94. The first-order chi connectivity index (χ1) is 10.3. The zero-order valence-corrected chi connectivity index (χ0v) is 11.9. The summed E-state index contributed by atoms with van der Waals surface area (Å²) < 4.78 is 5.53. The smallest absolute Gasteiger partial charge is 0.245 e. The average Bonchev–Trinajstić information content (AvgIpc) is 3.16. The summed E-state index contributed by atoms with van der Waals surface area (Å²) in [5.74, 6) is 2.58. The Balaban J connectivity index is 1.57. The third-order valence-corrected chi connectivity index (χ3v) is 4.26. The van der Waals surface area contributed by atoms with Gasteiger partial charge in [0.05, 0.1) is 6.61 Å². The van der Waals surface area contributed by atoms with Crippen LogP contribution in [0.1, 0.15) is 18.4 Å². The summed E-state index contributed by atoms with van der Waals surface area (Å²) in [6, 6.07) is 6.50. The molecule has 3 N–H and O–H groups in total. The Morgan fingerprint density at radius 1 is 1.29 bits per heavy atom. The summed E-state index contributed by atoms with van der Waals surface area (Å²) in [7, 11) is 0. The van der Waals surface area contributed by atoms with E-state index in [1.807, 2.05) is 12.1 Å². The minimum absolute atomic E-state index is 0.316. The molecule has 2 aromatic rings. The van der Waals surface area contributed by atoms with E-state index in [9.17, 15) is 0 Å². The van der Waals surface area contributed by atoms with Crippen molar-refractivity contribution in [2.75, 3.05) is 24.6 Å². The molecule has 2 aliphatic rings. The fourth-order valence-electron chi connectivity index (χ4n) is 2.96. The Labute approximate surface area is 123 Å². The maximum absolute atomic E-state index is 5.94. The lowest BCUT2D eigenvalue weighted by molar-refractivity contribution is 0.357. The molecule has 1 aromatic carbocycles. The fraction of sp³-hybridized carbons (Fsp3) is 0.467. The number of anilines is 1. The Morgan fingerprint density at radius 3 is 3.00 bits per heavy atom. The van der Waals surface area contributed by atoms with Crippen molar-refractivity contribution < 1.29 is 4.74 Å². The maximum Gasteiger partial charge on any atom is 0.245 e. The molecule has 1 aromatic heterocycles. The number of hydrogen-bond acceptors (Lipinski definition) is 5. The number of nitrogens with zero attached hydrogens (tertiary/aromatic N) is 3. The molecule has 0 atom stereocenters. The second-order valence-electron chi connectivity index (χ2n) is 5.73. The van der Waals surface area contributed by atoms with Gasteiger partial charge in [-0.05, 0) is 36.6 Å². The van der Waals surface area contributed by atoms with Crippen molar-refractivity contribution >= 4 is 5.95 Å². The predicted octanol–water partition coefficient (Wildman–Crippen LogP) is 1.33. The van der Waals surface area contributed by atoms with E-state index >= 15 is 0 Å². The van der Waals surface area contributed by atoms with Gasteiger partial charge in [-0.2, -0.15) is 4.98 Å². The molecule has 0 unspecified atom stereocenters. The highest BCUT2D eigenvalue weighted by Crippen LogP contribution is 2.29. The Morgan fingerprint density at radius 2 is 2.14 bits per heavy atom. The van der Waals surface area contributed by atoms with E-state index in [4.69, 9.17) is 10.5 Å². The molecule has 0 amide bonds. The first-order valence-electron chi connectivity index (χ1n) is 7.48. The quantitative estimate of drug-likeness (QED) is 0.870. The number of H-pyrrole nitrogens is 1. The molecule has 0 bridgehead atoms. The van der Waals surface area contributed by atoms with Crippen molar-refractivity contribution in [2.45, 2.75) is 25.3 Å². The molecule has 21 heavy (non-hydrogen) atoms. The molecule has 2 aliphatic heterocycles. The number of ether oxygens (including phenoxy) is 1. The molecule has 6 heteroatoms. The second kappa shape index (κ2) is 5.04. The summed E-state index contributed by atoms with van der Waals surface area (Å²) in [5, 5.41) is 7.40. The molecule has 0 spiro atoms. The van der Waals surface area contributed by atoms with E-state index in [0.29, 0.717) is 6.04 Å². The number of nitrogens with two attached hydrogens (primary N) is 1. The van der Waals surface area contributed by atoms with E-state index in [1.54, 1.807) is 0 Å². The van der Waals surface area contributed by atoms with Gasteiger partial charge < -0.3 is 15.4 Å². The van der Waals surface area contributed by atoms with Gasteiger partial charge in [0.25, 0.3) is 0 Å². The molecule has 6 nitrogen and oxygen atoms in total. The third kappa shape index (κ3) is 2.35. The number of rotatable bonds is 2. The van der Waals surface area contributed by atoms with Crippen LogP contribution in [0.5, 0.6) is 5.75 Å². The van der Waals surface area contributed by atoms with Gasteiger partial charge in [-0.25, -0.2) is 0 Å². The van der Waals surface area contributed by atoms with Gasteiger partial charge in [0.1, 0.15) is 5.75 Å². The van der Waals surface area contributed by atoms with Gasteiger partial charge in [0.15, 0.2) is 5.82 Å². The van der Waals surface area contributed by atoms with Crippen LogP contribution in [0, 0.1) is 0 Å². The highest BCUT2D eigenvalue weighted by molar-refractivity contribution is 5.60. The monoisotopic (exact) mass is 285 g/mol. The lowest BCUT2D eigenvalue weighted by atomic mass is 10.1. The first-order valence-corrected chi connectivity index (χ1v) is 7.48. The van der Waals surface area contributed by atoms with Crippen LogP contribution in [-0.4, -0.2) is 40.9 Å². The van der Waals surface area contributed by atoms with E-state index in [-0.39, 0.29) is 0 Å². The van der Waals surface area contributed by atoms with Crippen LogP contribution in [0.3, 0.4) is 0 Å². The third-order valence-electron chi connectivity index (χ3n) is 4.26. The molecule has 0 saturated carbocycles. The summed E-state index contributed by atoms with van der Waals surface area (Å²) in [6.45, 7) is 2.63. The zero-order valence-electron chi connectivity index (χ0n) is 11.9. The average molecular weight is 285 g/mol. The highest BCUT2D eigenvalue weighted by atomic mass is 16.5. The van der Waals surface area contributed by atoms with Crippen LogP contribution in [-0.2, 0) is 6.42 Å². The van der Waals surface area contributed by atoms with Crippen molar-refractivity contribution in [3.63, 3.8) is 0 Å². The van der Waals surface area contributed by atoms with Gasteiger partial charge in [-0.15, -0.1) is 5.10 Å². The van der Waals surface area contributed by atoms with Crippen LogP contribution >= 0.6 is 0 Å². The fourth-order valence-corrected chi connectivity index (χ4v) is 2.96. The highest BCUT2D eigenvalue weighted by Gasteiger charge is 2.20. The Bertz CT molecular complexity index is 645. The zero-order chi connectivity index (χ0) is 14.2. The molecular weight excluding hydrogens is 266 g/mol. The van der Waals surface area contributed by atoms with E-state index in [1.165, 1.54) is 5.56 Å². The van der Waals surface area contributed by atoms with Crippen LogP contribution in [0.15, 0.2) is 18.2 Å². The second-order valence-corrected chi connectivity index (χ2v) is 5.73. The van der Waals surface area contributed by atoms with Crippen molar-refractivity contribution in [1.82, 2.24) is 15.2 Å². The van der Waals surface area contributed by atoms with Gasteiger partial charge in [-0.1, -0.05) is 0 Å². The van der Waals surface area contributed by atoms with Crippen LogP contribution in [0.4, 0.5) is 5.95 Å². The van der Waals surface area contributed by atoms with Crippen LogP contribution < -0.4 is 15.4 Å². The van der Waals surface area contributed by atoms with Gasteiger partial charge in [-0.3, -0.25) is 5.10 Å². The van der Waals surface area contributed by atoms with Crippen LogP contribution in [0.25, 0.3) is 11.4 Å². The minimum atomic E-state index is 0.316. The number of nitrogens with one attached hydrogen (secondary N) is 1. The predicted molar refractivity (Wildman–Crippen MR) is 80.4 cm³/mol. The Hall–Kier alpha value is -2.08. The van der Waals surface area contributed by atoms with Crippen LogP contribution in [0.2, 0.25) is 0 Å². The number of aromatic nitrogens is 3. The molecule has 110 valence electrons. The SMILES string of the molecule is NC1CCN(c2n[nH]c(-c3ccc4c(c3)CCO4)n2)CC1. The van der Waals surface area contributed by atoms with Crippen molar-refractivity contribution in [3.8, 4) is 17.1 Å². The first kappa shape index (κ1) is 12.6. The lowest BCUT2D eigenvalue weighted by Gasteiger charge is -2.28. The Kier molecular flexibility index (Phi) is 3.03. The largest absolute Gasteiger partial charge is 0.493 e. The molecule has 0 aliphatic carbocycles. The summed E-state index contributed by atoms with van der Waals surface area (Å²) in [4.78, 5) is 6.83. The van der Waals surface area contributed by atoms with E-state index < -0.39 is 0 Å². The number of benzene rings is 1. The van der Waals surface area contributed by atoms with Gasteiger partial charge in [0.2, 0.25) is 5.95 Å². The topological polar surface area (TPSA) is 80.1 Å². The van der Waals surface area contributed by atoms with Gasteiger partial charge >= 0.3 is 0 Å². The number of aromatic amines is 1. The van der Waals surface area contributed by atoms with Crippen molar-refractivity contribution in [2.24, 2.45) is 5.73 Å². The van der Waals surface area contributed by atoms with Gasteiger partial charge in [0, 0.05) is 31.1 Å². The number of piperidine rings is 1. The van der Waals surface area contributed by atoms with E-state index in [0.717, 1.165) is 62.0 Å². The summed E-state index contributed by atoms with van der Waals surface area (Å²) in [5.41, 5.74) is 8.24. The molecule has 3 heterocycles. The number of hydrogen-bond donors (Lipinski definition) is 2. The molecule has 4 rings (SSSR count). The summed E-state index contributed by atoms with van der Waals surface area (Å²) in [6.07, 6.45) is 2.97. The lowest BCUT2D eigenvalue weighted by Crippen LogP contribution is -2.40. The van der Waals surface area contributed by atoms with E-state index in [2.05, 4.69) is 26.1 Å². The number of fused-ring (bicyclic) bond motifs is 1. The standard InChI is InChI=1S/C15H19N5O/c16-12-3-6-20(7-4-12)15-17-14(18-19-15)11-1-2-13-10(9-11)5-8-21-13/h1-2,9,12H,3-8,16H2,(H,17,18,19). The molecule has 0 radical (unpaired) electrons. The van der Waals surface area contributed by atoms with Crippen molar-refractivity contribution in [3.05, 3.63) is 23.8 Å². The minimum Gasteiger partial charge on any atom is -0.493 e. The summed E-state index contributed by atoms with van der Waals surface area (Å²) >= 11 is 0. The van der Waals surface area contributed by atoms with Crippen molar-refractivity contribution in [1.29, 1.82) is 0 Å². The molecular formula is C15H19N5O. The molecule has 1 saturated heterocycles. The normalized spacial score (nSPS) is 18.6.